The highest BCUT2D eigenvalue weighted by Crippen LogP contribution is 2.63. The highest BCUT2D eigenvalue weighted by Gasteiger charge is 2.51. The summed E-state index contributed by atoms with van der Waals surface area (Å²) in [5, 5.41) is 5.92. The van der Waals surface area contributed by atoms with E-state index in [0.717, 1.165) is 38.9 Å². The molecule has 0 unspecified atom stereocenters. The van der Waals surface area contributed by atoms with Crippen LogP contribution in [0.4, 0.5) is 0 Å². The molecule has 0 saturated heterocycles. The Morgan fingerprint density at radius 2 is 1.11 bits per heavy atom. The summed E-state index contributed by atoms with van der Waals surface area (Å²) in [6.07, 6.45) is 0. The van der Waals surface area contributed by atoms with Gasteiger partial charge in [-0.15, -0.1) is 0 Å². The Bertz CT molecular complexity index is 3050. The first-order valence-electron chi connectivity index (χ1n) is 18.9. The summed E-state index contributed by atoms with van der Waals surface area (Å²) in [5.74, 6) is 0. The number of pyridine rings is 1. The van der Waals surface area contributed by atoms with Gasteiger partial charge in [0.15, 0.2) is 0 Å². The van der Waals surface area contributed by atoms with Crippen LogP contribution < -0.4 is 0 Å². The Labute approximate surface area is 314 Å². The topological polar surface area (TPSA) is 17.8 Å². The van der Waals surface area contributed by atoms with Gasteiger partial charge in [-0.05, 0) is 104 Å². The molecule has 0 saturated carbocycles. The van der Waals surface area contributed by atoms with E-state index in [0.29, 0.717) is 0 Å². The fourth-order valence-corrected chi connectivity index (χ4v) is 9.61. The average Bonchev–Trinajstić information content (AvgIpc) is 3.85. The van der Waals surface area contributed by atoms with Gasteiger partial charge in [-0.25, -0.2) is 4.98 Å². The lowest BCUT2D eigenvalue weighted by molar-refractivity contribution is 0.795. The Kier molecular flexibility index (Phi) is 6.54. The molecule has 0 amide bonds. The van der Waals surface area contributed by atoms with Gasteiger partial charge in [0.2, 0.25) is 0 Å². The summed E-state index contributed by atoms with van der Waals surface area (Å²) >= 11 is 0. The Balaban J connectivity index is 0.00000168. The van der Waals surface area contributed by atoms with Gasteiger partial charge in [0.05, 0.1) is 22.1 Å². The van der Waals surface area contributed by atoms with Crippen LogP contribution in [0.1, 0.15) is 36.1 Å². The van der Waals surface area contributed by atoms with E-state index in [-0.39, 0.29) is 0 Å². The predicted octanol–water partition coefficient (Wildman–Crippen LogP) is 13.1. The zero-order valence-corrected chi connectivity index (χ0v) is 30.1. The molecule has 0 N–H and O–H groups in total. The van der Waals surface area contributed by atoms with Crippen molar-refractivity contribution in [1.29, 1.82) is 0 Å². The van der Waals surface area contributed by atoms with Crippen molar-refractivity contribution in [3.05, 3.63) is 204 Å². The zero-order valence-electron chi connectivity index (χ0n) is 30.1. The molecular formula is C52H34N2. The van der Waals surface area contributed by atoms with Crippen molar-refractivity contribution in [2.24, 2.45) is 0 Å². The van der Waals surface area contributed by atoms with Gasteiger partial charge in [-0.1, -0.05) is 141 Å². The van der Waals surface area contributed by atoms with Crippen LogP contribution >= 0.6 is 0 Å². The zero-order chi connectivity index (χ0) is 36.0. The molecule has 12 rings (SSSR count). The molecule has 0 radical (unpaired) electrons. The van der Waals surface area contributed by atoms with Crippen LogP contribution in [0.3, 0.4) is 0 Å². The smallest absolute Gasteiger partial charge is 0.105 e. The van der Waals surface area contributed by atoms with E-state index in [4.69, 9.17) is 4.98 Å². The summed E-state index contributed by atoms with van der Waals surface area (Å²) in [5.41, 5.74) is 16.5. The van der Waals surface area contributed by atoms with Crippen molar-refractivity contribution in [3.8, 4) is 39.2 Å². The lowest BCUT2D eigenvalue weighted by Gasteiger charge is -2.30. The molecule has 0 atom stereocenters. The number of rotatable bonds is 2. The second-order valence-electron chi connectivity index (χ2n) is 14.1. The number of benzene rings is 7. The lowest BCUT2D eigenvalue weighted by atomic mass is 9.70. The second kappa shape index (κ2) is 11.5. The van der Waals surface area contributed by atoms with Crippen LogP contribution in [0.5, 0.6) is 0 Å². The van der Waals surface area contributed by atoms with Crippen LogP contribution in [0.2, 0.25) is 0 Å². The van der Waals surface area contributed by atoms with Gasteiger partial charge in [-0.2, -0.15) is 0 Å². The number of hydrogen-bond donors (Lipinski definition) is 0. The fraction of sp³-hybridized carbons (Fsp3) is 0.0577. The molecule has 2 nitrogen and oxygen atoms in total. The third kappa shape index (κ3) is 3.93. The van der Waals surface area contributed by atoms with Crippen LogP contribution in [-0.2, 0) is 5.41 Å². The minimum Gasteiger partial charge on any atom is -0.302 e. The van der Waals surface area contributed by atoms with E-state index in [2.05, 4.69) is 180 Å². The third-order valence-electron chi connectivity index (χ3n) is 11.6. The van der Waals surface area contributed by atoms with Crippen molar-refractivity contribution in [3.63, 3.8) is 0 Å². The number of para-hydroxylation sites is 2. The molecule has 252 valence electrons. The van der Waals surface area contributed by atoms with Gasteiger partial charge >= 0.3 is 0 Å². The van der Waals surface area contributed by atoms with E-state index < -0.39 is 5.41 Å². The minimum atomic E-state index is -0.423. The highest BCUT2D eigenvalue weighted by atomic mass is 15.0. The summed E-state index contributed by atoms with van der Waals surface area (Å²) in [6.45, 7) is 4.00. The maximum Gasteiger partial charge on any atom is 0.105 e. The molecule has 2 aliphatic carbocycles. The van der Waals surface area contributed by atoms with E-state index in [1.165, 1.54) is 66.1 Å². The normalized spacial score (nSPS) is 13.0. The highest BCUT2D eigenvalue weighted by molar-refractivity contribution is 6.14. The molecular weight excluding hydrogens is 653 g/mol. The molecule has 0 fully saturated rings. The van der Waals surface area contributed by atoms with Crippen LogP contribution in [0.15, 0.2) is 170 Å². The maximum atomic E-state index is 5.48. The monoisotopic (exact) mass is 686 g/mol. The average molecular weight is 687 g/mol. The molecule has 8 aromatic carbocycles. The summed E-state index contributed by atoms with van der Waals surface area (Å²) in [7, 11) is 0. The number of aromatic nitrogens is 2. The standard InChI is InChI=1S/C50H28N2.C2H6/c1-7-22-42-33(16-1)34-17-2-8-23-43(34)50(42)44-24-9-3-18-35(44)40-29-39-36-19-4-10-25-46(36)51-49(41(39)30-45(40)50)31-14-13-15-32(28-31)52-47-26-11-5-20-37(47)38-21-6-12-27-48(38)52;1-2/h1-11,13-26,28-30H;1-2H3. The molecule has 0 bridgehead atoms. The SMILES string of the molecule is CC.c1ccc2c3ccccc3n(-c3cccc(-c4nc5ccccc5c5cc6c(cc45)C4(c5ccccc5-c5ccccc54)c4ccccc4-6)c3)c2c#1. The molecule has 10 aromatic rings. The van der Waals surface area contributed by atoms with Crippen LogP contribution in [0, 0.1) is 12.1 Å². The summed E-state index contributed by atoms with van der Waals surface area (Å²) in [4.78, 5) is 5.48. The van der Waals surface area contributed by atoms with E-state index >= 15 is 0 Å². The second-order valence-corrected chi connectivity index (χ2v) is 14.1. The van der Waals surface area contributed by atoms with E-state index in [1.54, 1.807) is 0 Å². The molecule has 1 spiro atoms. The Morgan fingerprint density at radius 3 is 1.85 bits per heavy atom. The molecule has 2 heteroatoms. The summed E-state index contributed by atoms with van der Waals surface area (Å²) < 4.78 is 2.31. The first-order valence-corrected chi connectivity index (χ1v) is 18.9. The van der Waals surface area contributed by atoms with Crippen molar-refractivity contribution >= 4 is 43.5 Å². The van der Waals surface area contributed by atoms with Gasteiger partial charge in [0.25, 0.3) is 0 Å². The third-order valence-corrected chi connectivity index (χ3v) is 11.6. The Morgan fingerprint density at radius 1 is 0.481 bits per heavy atom. The fourth-order valence-electron chi connectivity index (χ4n) is 9.61. The molecule has 2 aliphatic rings. The number of fused-ring (bicyclic) bond motifs is 16. The first-order chi connectivity index (χ1) is 26.8. The lowest BCUT2D eigenvalue weighted by Crippen LogP contribution is -2.25. The van der Waals surface area contributed by atoms with E-state index in [9.17, 15) is 0 Å². The maximum absolute atomic E-state index is 5.48. The van der Waals surface area contributed by atoms with Crippen molar-refractivity contribution in [1.82, 2.24) is 9.55 Å². The van der Waals surface area contributed by atoms with Crippen LogP contribution in [-0.4, -0.2) is 9.55 Å². The van der Waals surface area contributed by atoms with Crippen LogP contribution in [0.25, 0.3) is 82.7 Å². The van der Waals surface area contributed by atoms with Gasteiger partial charge in [0, 0.05) is 32.8 Å². The largest absolute Gasteiger partial charge is 0.302 e. The van der Waals surface area contributed by atoms with Crippen molar-refractivity contribution < 1.29 is 0 Å². The van der Waals surface area contributed by atoms with Crippen molar-refractivity contribution in [2.45, 2.75) is 19.3 Å². The molecule has 2 heterocycles. The number of hydrogen-bond acceptors (Lipinski definition) is 1. The predicted molar refractivity (Wildman–Crippen MR) is 224 cm³/mol. The molecule has 54 heavy (non-hydrogen) atoms. The van der Waals surface area contributed by atoms with E-state index in [1.807, 2.05) is 19.9 Å². The quantitative estimate of drug-likeness (QED) is 0.166. The van der Waals surface area contributed by atoms with Gasteiger partial charge in [-0.3, -0.25) is 0 Å². The molecule has 2 aromatic heterocycles. The first kappa shape index (κ1) is 30.7. The van der Waals surface area contributed by atoms with Gasteiger partial charge in [0.1, 0.15) is 5.52 Å². The number of nitrogens with zero attached hydrogens (tertiary/aromatic N) is 2. The minimum absolute atomic E-state index is 0.423. The summed E-state index contributed by atoms with van der Waals surface area (Å²) in [6, 6.07) is 68.8. The molecule has 0 aliphatic heterocycles. The van der Waals surface area contributed by atoms with Crippen molar-refractivity contribution in [2.75, 3.05) is 0 Å². The Hall–Kier alpha value is -6.95. The van der Waals surface area contributed by atoms with Gasteiger partial charge < -0.3 is 4.57 Å².